The Kier molecular flexibility index (Phi) is 3.85. The molecule has 0 bridgehead atoms. The van der Waals surface area contributed by atoms with Crippen LogP contribution in [0.5, 0.6) is 0 Å². The summed E-state index contributed by atoms with van der Waals surface area (Å²) in [5.41, 5.74) is 7.85. The number of thiophene rings is 1. The second-order valence-electron chi connectivity index (χ2n) is 4.52. The summed E-state index contributed by atoms with van der Waals surface area (Å²) in [6.45, 7) is 3.77. The van der Waals surface area contributed by atoms with Crippen LogP contribution >= 0.6 is 11.3 Å². The largest absolute Gasteiger partial charge is 0.390 e. The van der Waals surface area contributed by atoms with Gasteiger partial charge >= 0.3 is 0 Å². The Labute approximate surface area is 115 Å². The zero-order chi connectivity index (χ0) is 14.0. The molecule has 1 aromatic heterocycles. The molecule has 0 radical (unpaired) electrons. The molecule has 5 heteroatoms. The zero-order valence-corrected chi connectivity index (χ0v) is 11.6. The summed E-state index contributed by atoms with van der Waals surface area (Å²) in [6.07, 6.45) is 0. The molecule has 0 spiro atoms. The van der Waals surface area contributed by atoms with Crippen LogP contribution in [0.3, 0.4) is 0 Å². The third-order valence-corrected chi connectivity index (χ3v) is 3.43. The van der Waals surface area contributed by atoms with Gasteiger partial charge in [-0.1, -0.05) is 12.1 Å². The summed E-state index contributed by atoms with van der Waals surface area (Å²) < 4.78 is 12.9. The van der Waals surface area contributed by atoms with E-state index in [0.29, 0.717) is 10.6 Å². The molecule has 100 valence electrons. The molecule has 0 atom stereocenters. The number of anilines is 1. The lowest BCUT2D eigenvalue weighted by Crippen LogP contribution is -2.30. The van der Waals surface area contributed by atoms with Crippen LogP contribution in [0.15, 0.2) is 29.6 Å². The molecular formula is C14H15FN2OS. The van der Waals surface area contributed by atoms with Crippen LogP contribution in [0.25, 0.3) is 11.1 Å². The van der Waals surface area contributed by atoms with E-state index in [4.69, 9.17) is 5.73 Å². The number of carbonyl (C=O) groups is 1. The van der Waals surface area contributed by atoms with E-state index < -0.39 is 0 Å². The van der Waals surface area contributed by atoms with Crippen molar-refractivity contribution in [2.75, 3.05) is 5.73 Å². The minimum Gasteiger partial charge on any atom is -0.390 e. The number of nitrogens with two attached hydrogens (primary N) is 1. The van der Waals surface area contributed by atoms with Crippen molar-refractivity contribution in [2.45, 2.75) is 19.9 Å². The van der Waals surface area contributed by atoms with Crippen LogP contribution in [0.4, 0.5) is 9.39 Å². The van der Waals surface area contributed by atoms with Gasteiger partial charge in [-0.2, -0.15) is 0 Å². The van der Waals surface area contributed by atoms with E-state index in [0.717, 1.165) is 11.1 Å². The van der Waals surface area contributed by atoms with E-state index in [1.54, 1.807) is 12.1 Å². The number of carbonyl (C=O) groups excluding carboxylic acids is 1. The SMILES string of the molecule is CC(C)NC(=O)c1c(-c2ccc(F)cc2)csc1N. The van der Waals surface area contributed by atoms with Gasteiger partial charge in [-0.05, 0) is 31.5 Å². The molecule has 0 aliphatic rings. The monoisotopic (exact) mass is 278 g/mol. The van der Waals surface area contributed by atoms with Gasteiger partial charge in [0, 0.05) is 17.0 Å². The average Bonchev–Trinajstić information content (AvgIpc) is 2.71. The topological polar surface area (TPSA) is 55.1 Å². The van der Waals surface area contributed by atoms with Crippen LogP contribution < -0.4 is 11.1 Å². The van der Waals surface area contributed by atoms with Crippen LogP contribution in [-0.2, 0) is 0 Å². The molecule has 1 amide bonds. The summed E-state index contributed by atoms with van der Waals surface area (Å²) in [5.74, 6) is -0.506. The highest BCUT2D eigenvalue weighted by molar-refractivity contribution is 7.15. The molecular weight excluding hydrogens is 263 g/mol. The number of hydrogen-bond donors (Lipinski definition) is 2. The molecule has 0 fully saturated rings. The van der Waals surface area contributed by atoms with Crippen molar-refractivity contribution in [3.63, 3.8) is 0 Å². The lowest BCUT2D eigenvalue weighted by atomic mass is 10.0. The Morgan fingerprint density at radius 2 is 1.95 bits per heavy atom. The summed E-state index contributed by atoms with van der Waals surface area (Å²) in [7, 11) is 0. The van der Waals surface area contributed by atoms with Crippen molar-refractivity contribution in [3.8, 4) is 11.1 Å². The molecule has 0 aliphatic carbocycles. The molecule has 0 saturated carbocycles. The van der Waals surface area contributed by atoms with Gasteiger partial charge in [0.1, 0.15) is 5.82 Å². The van der Waals surface area contributed by atoms with Crippen molar-refractivity contribution in [1.82, 2.24) is 5.32 Å². The number of benzene rings is 1. The standard InChI is InChI=1S/C14H15FN2OS/c1-8(2)17-14(18)12-11(7-19-13(12)16)9-3-5-10(15)6-4-9/h3-8H,16H2,1-2H3,(H,17,18). The lowest BCUT2D eigenvalue weighted by molar-refractivity contribution is 0.0945. The van der Waals surface area contributed by atoms with Crippen LogP contribution in [0.2, 0.25) is 0 Å². The maximum Gasteiger partial charge on any atom is 0.255 e. The molecule has 3 nitrogen and oxygen atoms in total. The summed E-state index contributed by atoms with van der Waals surface area (Å²) in [4.78, 5) is 12.1. The molecule has 1 heterocycles. The minimum atomic E-state index is -0.305. The maximum absolute atomic E-state index is 12.9. The molecule has 0 unspecified atom stereocenters. The summed E-state index contributed by atoms with van der Waals surface area (Å²) in [6, 6.07) is 6.06. The van der Waals surface area contributed by atoms with E-state index in [-0.39, 0.29) is 17.8 Å². The lowest BCUT2D eigenvalue weighted by Gasteiger charge is -2.10. The van der Waals surface area contributed by atoms with Crippen LogP contribution in [0, 0.1) is 5.82 Å². The smallest absolute Gasteiger partial charge is 0.255 e. The van der Waals surface area contributed by atoms with Gasteiger partial charge in [0.15, 0.2) is 0 Å². The molecule has 19 heavy (non-hydrogen) atoms. The first kappa shape index (κ1) is 13.5. The third kappa shape index (κ3) is 2.93. The molecule has 3 N–H and O–H groups in total. The Morgan fingerprint density at radius 1 is 1.32 bits per heavy atom. The van der Waals surface area contributed by atoms with Crippen molar-refractivity contribution in [3.05, 3.63) is 41.0 Å². The normalized spacial score (nSPS) is 10.7. The van der Waals surface area contributed by atoms with Crippen molar-refractivity contribution >= 4 is 22.2 Å². The Morgan fingerprint density at radius 3 is 2.53 bits per heavy atom. The number of nitrogen functional groups attached to an aromatic ring is 1. The van der Waals surface area contributed by atoms with Crippen LogP contribution in [0.1, 0.15) is 24.2 Å². The third-order valence-electron chi connectivity index (χ3n) is 2.62. The maximum atomic E-state index is 12.9. The molecule has 1 aromatic carbocycles. The fraction of sp³-hybridized carbons (Fsp3) is 0.214. The van der Waals surface area contributed by atoms with Crippen molar-refractivity contribution in [1.29, 1.82) is 0 Å². The number of halogens is 1. The van der Waals surface area contributed by atoms with Gasteiger partial charge in [0.2, 0.25) is 0 Å². The Bertz CT molecular complexity index is 590. The Balaban J connectivity index is 2.42. The Hall–Kier alpha value is -1.88. The second kappa shape index (κ2) is 5.40. The average molecular weight is 278 g/mol. The first-order chi connectivity index (χ1) is 8.99. The fourth-order valence-corrected chi connectivity index (χ4v) is 2.60. The molecule has 2 aromatic rings. The van der Waals surface area contributed by atoms with Gasteiger partial charge in [-0.25, -0.2) is 4.39 Å². The van der Waals surface area contributed by atoms with Crippen molar-refractivity contribution < 1.29 is 9.18 Å². The van der Waals surface area contributed by atoms with Crippen LogP contribution in [-0.4, -0.2) is 11.9 Å². The highest BCUT2D eigenvalue weighted by atomic mass is 32.1. The first-order valence-corrected chi connectivity index (χ1v) is 6.80. The molecule has 0 saturated heterocycles. The van der Waals surface area contributed by atoms with Gasteiger partial charge in [0.05, 0.1) is 10.6 Å². The number of hydrogen-bond acceptors (Lipinski definition) is 3. The van der Waals surface area contributed by atoms with E-state index in [1.165, 1.54) is 23.5 Å². The highest BCUT2D eigenvalue weighted by Gasteiger charge is 2.19. The second-order valence-corrected chi connectivity index (χ2v) is 5.43. The van der Waals surface area contributed by atoms with Gasteiger partial charge in [0.25, 0.3) is 5.91 Å². The van der Waals surface area contributed by atoms with E-state index >= 15 is 0 Å². The van der Waals surface area contributed by atoms with Gasteiger partial charge < -0.3 is 11.1 Å². The van der Waals surface area contributed by atoms with Gasteiger partial charge in [-0.3, -0.25) is 4.79 Å². The number of rotatable bonds is 3. The predicted octanol–water partition coefficient (Wildman–Crippen LogP) is 3.27. The summed E-state index contributed by atoms with van der Waals surface area (Å²) >= 11 is 1.31. The highest BCUT2D eigenvalue weighted by Crippen LogP contribution is 2.33. The van der Waals surface area contributed by atoms with E-state index in [2.05, 4.69) is 5.32 Å². The number of nitrogens with one attached hydrogen (secondary N) is 1. The van der Waals surface area contributed by atoms with E-state index in [9.17, 15) is 9.18 Å². The van der Waals surface area contributed by atoms with Gasteiger partial charge in [-0.15, -0.1) is 11.3 Å². The predicted molar refractivity (Wildman–Crippen MR) is 76.7 cm³/mol. The summed E-state index contributed by atoms with van der Waals surface area (Å²) in [5, 5.41) is 5.11. The number of amides is 1. The molecule has 0 aliphatic heterocycles. The van der Waals surface area contributed by atoms with Crippen molar-refractivity contribution in [2.24, 2.45) is 0 Å². The quantitative estimate of drug-likeness (QED) is 0.905. The van der Waals surface area contributed by atoms with E-state index in [1.807, 2.05) is 19.2 Å². The fourth-order valence-electron chi connectivity index (χ4n) is 1.78. The zero-order valence-electron chi connectivity index (χ0n) is 10.7. The first-order valence-electron chi connectivity index (χ1n) is 5.93. The minimum absolute atomic E-state index is 0.0351. The molecule has 2 rings (SSSR count).